The van der Waals surface area contributed by atoms with Crippen molar-refractivity contribution in [1.82, 2.24) is 4.98 Å². The number of aromatic nitrogens is 1. The van der Waals surface area contributed by atoms with E-state index in [9.17, 15) is 4.79 Å². The lowest BCUT2D eigenvalue weighted by Gasteiger charge is -2.31. The van der Waals surface area contributed by atoms with Crippen LogP contribution in [-0.2, 0) is 4.74 Å². The predicted octanol–water partition coefficient (Wildman–Crippen LogP) is 2.78. The number of ether oxygens (including phenoxy) is 4. The Morgan fingerprint density at radius 3 is 2.78 bits per heavy atom. The van der Waals surface area contributed by atoms with E-state index in [-0.39, 0.29) is 19.0 Å². The van der Waals surface area contributed by atoms with Crippen molar-refractivity contribution in [3.63, 3.8) is 0 Å². The number of fused-ring (bicyclic) bond motifs is 1. The van der Waals surface area contributed by atoms with Gasteiger partial charge in [-0.2, -0.15) is 0 Å². The summed E-state index contributed by atoms with van der Waals surface area (Å²) in [5.41, 5.74) is 1.27. The predicted molar refractivity (Wildman–Crippen MR) is 82.0 cm³/mol. The molecule has 23 heavy (non-hydrogen) atoms. The van der Waals surface area contributed by atoms with Gasteiger partial charge in [0.1, 0.15) is 18.1 Å². The van der Waals surface area contributed by atoms with Crippen LogP contribution in [0.1, 0.15) is 29.1 Å². The van der Waals surface area contributed by atoms with Crippen LogP contribution >= 0.6 is 0 Å². The van der Waals surface area contributed by atoms with E-state index in [1.165, 1.54) is 0 Å². The molecule has 2 aromatic rings. The fourth-order valence-corrected chi connectivity index (χ4v) is 2.36. The Balaban J connectivity index is 1.81. The lowest BCUT2D eigenvalue weighted by molar-refractivity contribution is 0.0277. The molecule has 6 heteroatoms. The number of rotatable bonds is 5. The van der Waals surface area contributed by atoms with E-state index in [0.29, 0.717) is 22.8 Å². The molecule has 6 nitrogen and oxygen atoms in total. The fraction of sp³-hybridized carbons (Fsp3) is 0.294. The molecule has 2 atom stereocenters. The molecule has 1 aliphatic heterocycles. The third kappa shape index (κ3) is 3.27. The first-order chi connectivity index (χ1) is 11.2. The van der Waals surface area contributed by atoms with Crippen LogP contribution in [0.3, 0.4) is 0 Å². The van der Waals surface area contributed by atoms with Crippen molar-refractivity contribution in [3.8, 4) is 17.2 Å². The standard InChI is InChI=1S/C17H17NO5/c1-11-17(14-5-4-13(8-18-14)21-10-20-2)23-16-7-12(9-19)3-6-15(16)22-11/h3-9,11,17H,10H2,1-2H3. The van der Waals surface area contributed by atoms with E-state index < -0.39 is 0 Å². The second-order valence-electron chi connectivity index (χ2n) is 5.16. The first-order valence-corrected chi connectivity index (χ1v) is 7.21. The topological polar surface area (TPSA) is 66.9 Å². The van der Waals surface area contributed by atoms with Gasteiger partial charge in [-0.25, -0.2) is 0 Å². The van der Waals surface area contributed by atoms with Crippen molar-refractivity contribution >= 4 is 6.29 Å². The molecule has 0 spiro atoms. The molecule has 0 saturated carbocycles. The smallest absolute Gasteiger partial charge is 0.188 e. The Labute approximate surface area is 134 Å². The Morgan fingerprint density at radius 2 is 2.09 bits per heavy atom. The summed E-state index contributed by atoms with van der Waals surface area (Å²) in [5.74, 6) is 1.78. The van der Waals surface area contributed by atoms with Crippen LogP contribution in [0.25, 0.3) is 0 Å². The molecule has 1 aromatic heterocycles. The lowest BCUT2D eigenvalue weighted by atomic mass is 10.1. The van der Waals surface area contributed by atoms with E-state index in [1.54, 1.807) is 37.6 Å². The van der Waals surface area contributed by atoms with Gasteiger partial charge >= 0.3 is 0 Å². The highest BCUT2D eigenvalue weighted by atomic mass is 16.7. The van der Waals surface area contributed by atoms with Crippen LogP contribution in [0.15, 0.2) is 36.5 Å². The van der Waals surface area contributed by atoms with Gasteiger partial charge in [0.05, 0.1) is 11.9 Å². The molecule has 3 rings (SSSR count). The minimum atomic E-state index is -0.360. The minimum Gasteiger partial charge on any atom is -0.483 e. The zero-order chi connectivity index (χ0) is 16.2. The Bertz CT molecular complexity index is 686. The molecule has 0 N–H and O–H groups in total. The number of aldehydes is 1. The number of carbonyl (C=O) groups is 1. The molecule has 1 aromatic carbocycles. The van der Waals surface area contributed by atoms with Crippen molar-refractivity contribution in [2.75, 3.05) is 13.9 Å². The molecular formula is C17H17NO5. The molecular weight excluding hydrogens is 298 g/mol. The minimum absolute atomic E-state index is 0.169. The maximum atomic E-state index is 10.9. The van der Waals surface area contributed by atoms with E-state index in [1.807, 2.05) is 13.0 Å². The summed E-state index contributed by atoms with van der Waals surface area (Å²) in [6.07, 6.45) is 1.82. The van der Waals surface area contributed by atoms with Crippen LogP contribution in [0.5, 0.6) is 17.2 Å². The highest BCUT2D eigenvalue weighted by Crippen LogP contribution is 2.39. The monoisotopic (exact) mass is 315 g/mol. The van der Waals surface area contributed by atoms with Crippen LogP contribution in [-0.4, -0.2) is 31.3 Å². The fourth-order valence-electron chi connectivity index (χ4n) is 2.36. The summed E-state index contributed by atoms with van der Waals surface area (Å²) in [5, 5.41) is 0. The highest BCUT2D eigenvalue weighted by Gasteiger charge is 2.30. The van der Waals surface area contributed by atoms with Crippen LogP contribution in [0.2, 0.25) is 0 Å². The molecule has 0 aliphatic carbocycles. The molecule has 0 fully saturated rings. The number of carbonyl (C=O) groups excluding carboxylic acids is 1. The number of nitrogens with zero attached hydrogens (tertiary/aromatic N) is 1. The first kappa shape index (κ1) is 15.3. The van der Waals surface area contributed by atoms with E-state index >= 15 is 0 Å². The Hall–Kier alpha value is -2.60. The summed E-state index contributed by atoms with van der Waals surface area (Å²) < 4.78 is 22.0. The van der Waals surface area contributed by atoms with Crippen molar-refractivity contribution in [2.24, 2.45) is 0 Å². The second kappa shape index (κ2) is 6.66. The number of benzene rings is 1. The van der Waals surface area contributed by atoms with Gasteiger partial charge in [-0.05, 0) is 37.3 Å². The molecule has 0 bridgehead atoms. The second-order valence-corrected chi connectivity index (χ2v) is 5.16. The van der Waals surface area contributed by atoms with Crippen LogP contribution in [0.4, 0.5) is 0 Å². The number of hydrogen-bond donors (Lipinski definition) is 0. The van der Waals surface area contributed by atoms with Gasteiger partial charge in [0.25, 0.3) is 0 Å². The van der Waals surface area contributed by atoms with Gasteiger partial charge < -0.3 is 18.9 Å². The third-order valence-corrected chi connectivity index (χ3v) is 3.49. The van der Waals surface area contributed by atoms with E-state index in [4.69, 9.17) is 18.9 Å². The number of hydrogen-bond acceptors (Lipinski definition) is 6. The summed E-state index contributed by atoms with van der Waals surface area (Å²) >= 11 is 0. The van der Waals surface area contributed by atoms with Crippen LogP contribution < -0.4 is 14.2 Å². The average molecular weight is 315 g/mol. The van der Waals surface area contributed by atoms with Crippen molar-refractivity contribution in [3.05, 3.63) is 47.8 Å². The Morgan fingerprint density at radius 1 is 1.22 bits per heavy atom. The maximum Gasteiger partial charge on any atom is 0.188 e. The SMILES string of the molecule is COCOc1ccc(C2Oc3cc(C=O)ccc3OC2C)nc1. The summed E-state index contributed by atoms with van der Waals surface area (Å²) in [4.78, 5) is 15.3. The lowest BCUT2D eigenvalue weighted by Crippen LogP contribution is -2.31. The van der Waals surface area contributed by atoms with Crippen molar-refractivity contribution in [2.45, 2.75) is 19.1 Å². The first-order valence-electron chi connectivity index (χ1n) is 7.21. The summed E-state index contributed by atoms with van der Waals surface area (Å²) in [6, 6.07) is 8.72. The largest absolute Gasteiger partial charge is 0.483 e. The van der Waals surface area contributed by atoms with Gasteiger partial charge in [-0.1, -0.05) is 0 Å². The molecule has 0 radical (unpaired) electrons. The number of pyridine rings is 1. The zero-order valence-electron chi connectivity index (χ0n) is 12.9. The van der Waals surface area contributed by atoms with Gasteiger partial charge in [-0.3, -0.25) is 9.78 Å². The highest BCUT2D eigenvalue weighted by molar-refractivity contribution is 5.76. The van der Waals surface area contributed by atoms with Crippen molar-refractivity contribution < 1.29 is 23.7 Å². The molecule has 0 amide bonds. The molecule has 2 heterocycles. The quantitative estimate of drug-likeness (QED) is 0.624. The summed E-state index contributed by atoms with van der Waals surface area (Å²) in [6.45, 7) is 2.08. The molecule has 0 saturated heterocycles. The summed E-state index contributed by atoms with van der Waals surface area (Å²) in [7, 11) is 1.56. The van der Waals surface area contributed by atoms with Crippen molar-refractivity contribution in [1.29, 1.82) is 0 Å². The van der Waals surface area contributed by atoms with Gasteiger partial charge in [0.2, 0.25) is 0 Å². The number of methoxy groups -OCH3 is 1. The molecule has 120 valence electrons. The molecule has 1 aliphatic rings. The molecule has 2 unspecified atom stereocenters. The van der Waals surface area contributed by atoms with Gasteiger partial charge in [-0.15, -0.1) is 0 Å². The maximum absolute atomic E-state index is 10.9. The zero-order valence-corrected chi connectivity index (χ0v) is 12.9. The Kier molecular flexibility index (Phi) is 4.43. The van der Waals surface area contributed by atoms with Gasteiger partial charge in [0.15, 0.2) is 24.4 Å². The third-order valence-electron chi connectivity index (χ3n) is 3.49. The van der Waals surface area contributed by atoms with E-state index in [0.717, 1.165) is 12.0 Å². The normalized spacial score (nSPS) is 19.2. The average Bonchev–Trinajstić information content (AvgIpc) is 2.59. The van der Waals surface area contributed by atoms with Crippen LogP contribution in [0, 0.1) is 0 Å². The van der Waals surface area contributed by atoms with Gasteiger partial charge in [0, 0.05) is 12.7 Å². The van der Waals surface area contributed by atoms with E-state index in [2.05, 4.69) is 4.98 Å².